The fourth-order valence-electron chi connectivity index (χ4n) is 3.40. The van der Waals surface area contributed by atoms with Gasteiger partial charge in [0.1, 0.15) is 5.03 Å². The van der Waals surface area contributed by atoms with E-state index < -0.39 is 0 Å². The first kappa shape index (κ1) is 27.4. The summed E-state index contributed by atoms with van der Waals surface area (Å²) in [4.78, 5) is 23.3. The van der Waals surface area contributed by atoms with Gasteiger partial charge < -0.3 is 5.32 Å². The summed E-state index contributed by atoms with van der Waals surface area (Å²) in [6.07, 6.45) is 4.82. The predicted molar refractivity (Wildman–Crippen MR) is 153 cm³/mol. The third kappa shape index (κ3) is 8.77. The Labute approximate surface area is 220 Å². The number of thiazole rings is 1. The number of nitrogens with one attached hydrogen (secondary N) is 1. The molecule has 184 valence electrons. The Balaban J connectivity index is 1.43. The molecule has 3 rings (SSSR count). The number of hydrogen-bond acceptors (Lipinski definition) is 7. The minimum Gasteiger partial charge on any atom is -0.323 e. The van der Waals surface area contributed by atoms with Crippen molar-refractivity contribution in [3.8, 4) is 0 Å². The molecular weight excluding hydrogens is 499 g/mol. The van der Waals surface area contributed by atoms with Gasteiger partial charge in [0, 0.05) is 33.3 Å². The van der Waals surface area contributed by atoms with E-state index in [9.17, 15) is 4.79 Å². The first-order valence-electron chi connectivity index (χ1n) is 11.9. The molecule has 1 amide bonds. The third-order valence-corrected chi connectivity index (χ3v) is 9.15. The highest BCUT2D eigenvalue weighted by Gasteiger charge is 2.17. The lowest BCUT2D eigenvalue weighted by molar-refractivity contribution is -0.116. The molecule has 0 radical (unpaired) electrons. The minimum atomic E-state index is 0.0886. The maximum absolute atomic E-state index is 12.8. The summed E-state index contributed by atoms with van der Waals surface area (Å²) in [5.74, 6) is 1.16. The van der Waals surface area contributed by atoms with Crippen LogP contribution in [0.25, 0.3) is 10.2 Å². The molecule has 3 aromatic rings. The number of rotatable bonds is 13. The molecule has 2 aromatic heterocycles. The summed E-state index contributed by atoms with van der Waals surface area (Å²) in [6, 6.07) is 10.4. The summed E-state index contributed by atoms with van der Waals surface area (Å²) in [6.45, 7) is 10.7. The van der Waals surface area contributed by atoms with Gasteiger partial charge in [-0.2, -0.15) is 0 Å². The zero-order chi connectivity index (χ0) is 24.5. The molecule has 34 heavy (non-hydrogen) atoms. The maximum atomic E-state index is 12.8. The van der Waals surface area contributed by atoms with E-state index in [1.807, 2.05) is 24.8 Å². The van der Waals surface area contributed by atoms with Gasteiger partial charge in [-0.05, 0) is 38.0 Å². The van der Waals surface area contributed by atoms with Gasteiger partial charge in [-0.15, -0.1) is 34.9 Å². The van der Waals surface area contributed by atoms with E-state index in [0.29, 0.717) is 16.9 Å². The van der Waals surface area contributed by atoms with Crippen molar-refractivity contribution in [1.29, 1.82) is 0 Å². The molecule has 0 aliphatic heterocycles. The smallest absolute Gasteiger partial charge is 0.224 e. The van der Waals surface area contributed by atoms with Crippen molar-refractivity contribution in [1.82, 2.24) is 9.97 Å². The maximum Gasteiger partial charge on any atom is 0.224 e. The number of aryl methyl sites for hydroxylation is 1. The van der Waals surface area contributed by atoms with E-state index in [-0.39, 0.29) is 5.91 Å². The fraction of sp³-hybridized carbons (Fsp3) is 0.500. The Morgan fingerprint density at radius 3 is 2.47 bits per heavy atom. The van der Waals surface area contributed by atoms with Crippen LogP contribution in [0.1, 0.15) is 65.5 Å². The Morgan fingerprint density at radius 2 is 1.74 bits per heavy atom. The van der Waals surface area contributed by atoms with Crippen molar-refractivity contribution in [3.63, 3.8) is 0 Å². The summed E-state index contributed by atoms with van der Waals surface area (Å²) in [5.41, 5.74) is 2.97. The molecule has 4 nitrogen and oxygen atoms in total. The number of para-hydroxylation sites is 1. The standard InChI is InChI=1S/C26H35N3OS4/c1-17(2)32-22-16-19(5)27-25(33-18(3)4)24(22)29-23(30)14-8-6-7-11-15-31-26-28-20-12-9-10-13-21(20)34-26/h9-10,12-13,16-18H,6-8,11,14-15H2,1-5H3,(H,29,30). The Bertz CT molecular complexity index is 1020. The number of aromatic nitrogens is 2. The molecule has 1 N–H and O–H groups in total. The SMILES string of the molecule is Cc1cc(SC(C)C)c(NC(=O)CCCCCCSc2nc3ccccc3s2)c(SC(C)C)n1. The van der Waals surface area contributed by atoms with Crippen LogP contribution in [-0.2, 0) is 4.79 Å². The number of unbranched alkanes of at least 4 members (excludes halogenated alkanes) is 3. The van der Waals surface area contributed by atoms with Crippen LogP contribution in [0.5, 0.6) is 0 Å². The van der Waals surface area contributed by atoms with Gasteiger partial charge in [-0.3, -0.25) is 4.79 Å². The van der Waals surface area contributed by atoms with Gasteiger partial charge in [0.15, 0.2) is 4.34 Å². The number of thioether (sulfide) groups is 3. The molecule has 8 heteroatoms. The Hall–Kier alpha value is -1.22. The van der Waals surface area contributed by atoms with E-state index in [2.05, 4.69) is 62.3 Å². The van der Waals surface area contributed by atoms with Crippen molar-refractivity contribution in [2.75, 3.05) is 11.1 Å². The molecule has 0 unspecified atom stereocenters. The van der Waals surface area contributed by atoms with Crippen molar-refractivity contribution >= 4 is 68.4 Å². The predicted octanol–water partition coefficient (Wildman–Crippen LogP) is 8.68. The van der Waals surface area contributed by atoms with Crippen molar-refractivity contribution in [3.05, 3.63) is 36.0 Å². The van der Waals surface area contributed by atoms with Gasteiger partial charge in [-0.1, -0.05) is 64.4 Å². The summed E-state index contributed by atoms with van der Waals surface area (Å²) < 4.78 is 2.40. The average Bonchev–Trinajstić information content (AvgIpc) is 3.17. The molecule has 0 saturated carbocycles. The number of benzene rings is 1. The van der Waals surface area contributed by atoms with Crippen molar-refractivity contribution in [2.24, 2.45) is 0 Å². The zero-order valence-electron chi connectivity index (χ0n) is 20.7. The van der Waals surface area contributed by atoms with Gasteiger partial charge in [-0.25, -0.2) is 9.97 Å². The second-order valence-corrected chi connectivity index (χ2v) is 14.3. The second-order valence-electron chi connectivity index (χ2n) is 8.78. The molecule has 2 heterocycles. The Morgan fingerprint density at radius 1 is 1.00 bits per heavy atom. The minimum absolute atomic E-state index is 0.0886. The topological polar surface area (TPSA) is 54.9 Å². The molecule has 0 fully saturated rings. The lowest BCUT2D eigenvalue weighted by Crippen LogP contribution is -2.14. The number of fused-ring (bicyclic) bond motifs is 1. The molecule has 1 aromatic carbocycles. The number of amides is 1. The van der Waals surface area contributed by atoms with E-state index in [0.717, 1.165) is 62.6 Å². The fourth-order valence-corrected chi connectivity index (χ4v) is 7.54. The van der Waals surface area contributed by atoms with Crippen LogP contribution in [0, 0.1) is 6.92 Å². The zero-order valence-corrected chi connectivity index (χ0v) is 24.0. The van der Waals surface area contributed by atoms with Gasteiger partial charge in [0.25, 0.3) is 0 Å². The normalized spacial score (nSPS) is 11.6. The molecule has 0 saturated heterocycles. The number of pyridine rings is 1. The molecule has 0 aliphatic rings. The molecule has 0 atom stereocenters. The quantitative estimate of drug-likeness (QED) is 0.175. The average molecular weight is 534 g/mol. The summed E-state index contributed by atoms with van der Waals surface area (Å²) >= 11 is 7.11. The number of anilines is 1. The second kappa shape index (κ2) is 13.8. The van der Waals surface area contributed by atoms with E-state index >= 15 is 0 Å². The lowest BCUT2D eigenvalue weighted by Gasteiger charge is -2.18. The number of nitrogens with zero attached hydrogens (tertiary/aromatic N) is 2. The van der Waals surface area contributed by atoms with Crippen LogP contribution in [0.4, 0.5) is 5.69 Å². The number of hydrogen-bond donors (Lipinski definition) is 1. The lowest BCUT2D eigenvalue weighted by atomic mass is 10.1. The molecule has 0 bridgehead atoms. The van der Waals surface area contributed by atoms with Crippen LogP contribution in [-0.4, -0.2) is 32.1 Å². The van der Waals surface area contributed by atoms with Crippen LogP contribution < -0.4 is 5.32 Å². The van der Waals surface area contributed by atoms with Gasteiger partial charge in [0.2, 0.25) is 5.91 Å². The first-order chi connectivity index (χ1) is 16.3. The summed E-state index contributed by atoms with van der Waals surface area (Å²) in [5, 5.41) is 4.97. The van der Waals surface area contributed by atoms with Crippen LogP contribution in [0.15, 0.2) is 44.6 Å². The monoisotopic (exact) mass is 533 g/mol. The number of carbonyl (C=O) groups is 1. The molecular formula is C26H35N3OS4. The third-order valence-electron chi connectivity index (χ3n) is 4.85. The highest BCUT2D eigenvalue weighted by Crippen LogP contribution is 2.38. The summed E-state index contributed by atoms with van der Waals surface area (Å²) in [7, 11) is 0. The highest BCUT2D eigenvalue weighted by atomic mass is 32.2. The molecule has 0 spiro atoms. The number of carbonyl (C=O) groups excluding carboxylic acids is 1. The van der Waals surface area contributed by atoms with Crippen molar-refractivity contribution < 1.29 is 4.79 Å². The van der Waals surface area contributed by atoms with E-state index in [4.69, 9.17) is 4.98 Å². The molecule has 0 aliphatic carbocycles. The van der Waals surface area contributed by atoms with Gasteiger partial charge in [0.05, 0.1) is 15.9 Å². The van der Waals surface area contributed by atoms with Crippen LogP contribution in [0.2, 0.25) is 0 Å². The largest absolute Gasteiger partial charge is 0.323 e. The van der Waals surface area contributed by atoms with Crippen molar-refractivity contribution in [2.45, 2.75) is 91.5 Å². The first-order valence-corrected chi connectivity index (χ1v) is 15.5. The van der Waals surface area contributed by atoms with Crippen LogP contribution >= 0.6 is 46.6 Å². The van der Waals surface area contributed by atoms with Gasteiger partial charge >= 0.3 is 0 Å². The van der Waals surface area contributed by atoms with E-state index in [1.165, 1.54) is 4.70 Å². The van der Waals surface area contributed by atoms with E-state index in [1.54, 1.807) is 34.9 Å². The highest BCUT2D eigenvalue weighted by molar-refractivity contribution is 8.01. The Kier molecular flexibility index (Phi) is 11.1. The van der Waals surface area contributed by atoms with Crippen LogP contribution in [0.3, 0.4) is 0 Å².